The van der Waals surface area contributed by atoms with Gasteiger partial charge in [0.2, 0.25) is 0 Å². The second-order valence-electron chi connectivity index (χ2n) is 2.86. The van der Waals surface area contributed by atoms with E-state index in [4.69, 9.17) is 16.3 Å². The minimum atomic E-state index is 0.587. The molecule has 0 radical (unpaired) electrons. The fraction of sp³-hybridized carbons (Fsp3) is 0.100. The Morgan fingerprint density at radius 2 is 2.27 bits per heavy atom. The summed E-state index contributed by atoms with van der Waals surface area (Å²) in [4.78, 5) is 4.26. The van der Waals surface area contributed by atoms with Crippen LogP contribution in [0.3, 0.4) is 0 Å². The molecule has 0 spiro atoms. The van der Waals surface area contributed by atoms with Crippen molar-refractivity contribution < 1.29 is 4.74 Å². The first kappa shape index (κ1) is 10.8. The molecule has 0 saturated carbocycles. The molecular formula is C10H8ClNOS2. The molecule has 5 heteroatoms. The number of hydrogen-bond donors (Lipinski definition) is 1. The minimum absolute atomic E-state index is 0.587. The Labute approximate surface area is 102 Å². The smallest absolute Gasteiger partial charge is 0.147 e. The summed E-state index contributed by atoms with van der Waals surface area (Å²) in [5.74, 6) is 0.668. The number of aromatic nitrogens is 1. The third-order valence-corrected chi connectivity index (χ3v) is 3.29. The molecule has 0 aliphatic carbocycles. The molecular weight excluding hydrogens is 250 g/mol. The van der Waals surface area contributed by atoms with Gasteiger partial charge in [-0.05, 0) is 18.2 Å². The van der Waals surface area contributed by atoms with Crippen LogP contribution in [-0.2, 0) is 0 Å². The second kappa shape index (κ2) is 4.43. The summed E-state index contributed by atoms with van der Waals surface area (Å²) in [6.45, 7) is 0. The highest BCUT2D eigenvalue weighted by Crippen LogP contribution is 2.31. The highest BCUT2D eigenvalue weighted by molar-refractivity contribution is 7.82. The average Bonchev–Trinajstić information content (AvgIpc) is 2.65. The predicted octanol–water partition coefficient (Wildman–Crippen LogP) is 3.76. The van der Waals surface area contributed by atoms with Gasteiger partial charge in [-0.3, -0.25) is 0 Å². The maximum Gasteiger partial charge on any atom is 0.147 e. The monoisotopic (exact) mass is 257 g/mol. The van der Waals surface area contributed by atoms with Crippen molar-refractivity contribution in [2.45, 2.75) is 4.34 Å². The standard InChI is InChI=1S/C10H8ClNOS2/c1-13-9-3-2-6(4-7(9)11)8-5-15-10(14)12-8/h2-5H,1H3,(H,12,14). The van der Waals surface area contributed by atoms with Gasteiger partial charge in [0.1, 0.15) is 10.1 Å². The predicted molar refractivity (Wildman–Crippen MR) is 66.4 cm³/mol. The number of nitrogens with zero attached hydrogens (tertiary/aromatic N) is 1. The van der Waals surface area contributed by atoms with Crippen LogP contribution in [0.2, 0.25) is 5.02 Å². The van der Waals surface area contributed by atoms with E-state index < -0.39 is 0 Å². The molecule has 78 valence electrons. The van der Waals surface area contributed by atoms with Crippen molar-refractivity contribution in [3.05, 3.63) is 28.6 Å². The Balaban J connectivity index is 2.42. The molecule has 1 aromatic heterocycles. The molecule has 2 nitrogen and oxygen atoms in total. The lowest BCUT2D eigenvalue weighted by Crippen LogP contribution is -1.85. The molecule has 0 N–H and O–H groups in total. The van der Waals surface area contributed by atoms with Crippen LogP contribution in [0.4, 0.5) is 0 Å². The molecule has 2 aromatic rings. The van der Waals surface area contributed by atoms with Gasteiger partial charge < -0.3 is 4.74 Å². The normalized spacial score (nSPS) is 10.3. The van der Waals surface area contributed by atoms with E-state index in [2.05, 4.69) is 17.6 Å². The van der Waals surface area contributed by atoms with E-state index in [9.17, 15) is 0 Å². The zero-order chi connectivity index (χ0) is 10.8. The Morgan fingerprint density at radius 3 is 2.80 bits per heavy atom. The fourth-order valence-electron chi connectivity index (χ4n) is 1.22. The summed E-state index contributed by atoms with van der Waals surface area (Å²) in [5.41, 5.74) is 1.85. The summed E-state index contributed by atoms with van der Waals surface area (Å²) in [5, 5.41) is 2.53. The van der Waals surface area contributed by atoms with Crippen molar-refractivity contribution in [2.75, 3.05) is 7.11 Å². The third-order valence-electron chi connectivity index (χ3n) is 1.94. The number of methoxy groups -OCH3 is 1. The van der Waals surface area contributed by atoms with Crippen LogP contribution < -0.4 is 4.74 Å². The van der Waals surface area contributed by atoms with Crippen LogP contribution in [0, 0.1) is 0 Å². The summed E-state index contributed by atoms with van der Waals surface area (Å²) in [6.07, 6.45) is 0. The average molecular weight is 258 g/mol. The molecule has 0 atom stereocenters. The van der Waals surface area contributed by atoms with Crippen LogP contribution >= 0.6 is 35.6 Å². The Morgan fingerprint density at radius 1 is 1.47 bits per heavy atom. The number of halogens is 1. The van der Waals surface area contributed by atoms with Gasteiger partial charge in [0.05, 0.1) is 17.8 Å². The second-order valence-corrected chi connectivity index (χ2v) is 4.86. The molecule has 1 aromatic carbocycles. The lowest BCUT2D eigenvalue weighted by Gasteiger charge is -2.03. The zero-order valence-corrected chi connectivity index (χ0v) is 10.4. The topological polar surface area (TPSA) is 22.1 Å². The van der Waals surface area contributed by atoms with Crippen LogP contribution in [-0.4, -0.2) is 12.1 Å². The van der Waals surface area contributed by atoms with Gasteiger partial charge in [-0.2, -0.15) is 0 Å². The van der Waals surface area contributed by atoms with E-state index in [1.807, 2.05) is 23.6 Å². The summed E-state index contributed by atoms with van der Waals surface area (Å²) < 4.78 is 5.82. The quantitative estimate of drug-likeness (QED) is 0.828. The van der Waals surface area contributed by atoms with Crippen molar-refractivity contribution in [1.82, 2.24) is 4.98 Å². The number of benzene rings is 1. The lowest BCUT2D eigenvalue weighted by atomic mass is 10.2. The molecule has 0 fully saturated rings. The first-order chi connectivity index (χ1) is 7.20. The molecule has 2 rings (SSSR count). The van der Waals surface area contributed by atoms with Gasteiger partial charge >= 0.3 is 0 Å². The third kappa shape index (κ3) is 2.27. The van der Waals surface area contributed by atoms with Gasteiger partial charge in [-0.25, -0.2) is 4.98 Å². The van der Waals surface area contributed by atoms with Crippen molar-refractivity contribution >= 4 is 35.6 Å². The molecule has 0 unspecified atom stereocenters. The molecule has 0 aliphatic rings. The number of thiol groups is 1. The molecule has 0 amide bonds. The van der Waals surface area contributed by atoms with Gasteiger partial charge in [-0.1, -0.05) is 11.6 Å². The van der Waals surface area contributed by atoms with Crippen molar-refractivity contribution in [3.63, 3.8) is 0 Å². The van der Waals surface area contributed by atoms with Crippen LogP contribution in [0.25, 0.3) is 11.3 Å². The number of rotatable bonds is 2. The molecule has 1 heterocycles. The lowest BCUT2D eigenvalue weighted by molar-refractivity contribution is 0.415. The van der Waals surface area contributed by atoms with Gasteiger partial charge in [0, 0.05) is 10.9 Å². The van der Waals surface area contributed by atoms with Gasteiger partial charge in [0.25, 0.3) is 0 Å². The zero-order valence-electron chi connectivity index (χ0n) is 7.90. The maximum absolute atomic E-state index is 6.02. The number of hydrogen-bond acceptors (Lipinski definition) is 4. The Hall–Kier alpha value is -0.710. The minimum Gasteiger partial charge on any atom is -0.495 e. The van der Waals surface area contributed by atoms with E-state index in [0.29, 0.717) is 10.8 Å². The van der Waals surface area contributed by atoms with Crippen LogP contribution in [0.15, 0.2) is 27.9 Å². The Bertz CT molecular complexity index is 484. The van der Waals surface area contributed by atoms with E-state index in [-0.39, 0.29) is 0 Å². The highest BCUT2D eigenvalue weighted by atomic mass is 35.5. The largest absolute Gasteiger partial charge is 0.495 e. The van der Waals surface area contributed by atoms with Gasteiger partial charge in [0.15, 0.2) is 0 Å². The fourth-order valence-corrected chi connectivity index (χ4v) is 2.30. The first-order valence-electron chi connectivity index (χ1n) is 4.19. The van der Waals surface area contributed by atoms with Crippen molar-refractivity contribution in [3.8, 4) is 17.0 Å². The van der Waals surface area contributed by atoms with Crippen LogP contribution in [0.1, 0.15) is 0 Å². The SMILES string of the molecule is COc1ccc(-c2csc(S)n2)cc1Cl. The Kier molecular flexibility index (Phi) is 3.19. The molecule has 0 saturated heterocycles. The van der Waals surface area contributed by atoms with Crippen molar-refractivity contribution in [2.24, 2.45) is 0 Å². The summed E-state index contributed by atoms with van der Waals surface area (Å²) in [6, 6.07) is 5.59. The van der Waals surface area contributed by atoms with E-state index >= 15 is 0 Å². The van der Waals surface area contributed by atoms with Crippen LogP contribution in [0.5, 0.6) is 5.75 Å². The molecule has 0 bridgehead atoms. The highest BCUT2D eigenvalue weighted by Gasteiger charge is 2.06. The van der Waals surface area contributed by atoms with Gasteiger partial charge in [-0.15, -0.1) is 24.0 Å². The summed E-state index contributed by atoms with van der Waals surface area (Å²) >= 11 is 11.7. The van der Waals surface area contributed by atoms with E-state index in [1.165, 1.54) is 11.3 Å². The number of thiazole rings is 1. The molecule has 15 heavy (non-hydrogen) atoms. The molecule has 0 aliphatic heterocycles. The first-order valence-corrected chi connectivity index (χ1v) is 5.89. The van der Waals surface area contributed by atoms with Crippen molar-refractivity contribution in [1.29, 1.82) is 0 Å². The van der Waals surface area contributed by atoms with E-state index in [0.717, 1.165) is 15.6 Å². The van der Waals surface area contributed by atoms with E-state index in [1.54, 1.807) is 7.11 Å². The summed E-state index contributed by atoms with van der Waals surface area (Å²) in [7, 11) is 1.59. The number of ether oxygens (including phenoxy) is 1. The maximum atomic E-state index is 6.02.